The SMILES string of the molecule is B[C@@H]1O[C@](C)(COC)[C@@H](OC)[C@H]1OC. The highest BCUT2D eigenvalue weighted by atomic mass is 16.6. The normalized spacial score (nSPS) is 43.0. The van der Waals surface area contributed by atoms with Crippen LogP contribution in [0.2, 0.25) is 0 Å². The van der Waals surface area contributed by atoms with Crippen LogP contribution in [0, 0.1) is 0 Å². The largest absolute Gasteiger partial charge is 0.382 e. The second-order valence-corrected chi connectivity index (χ2v) is 3.93. The minimum atomic E-state index is -0.413. The van der Waals surface area contributed by atoms with Gasteiger partial charge in [0.15, 0.2) is 0 Å². The Morgan fingerprint density at radius 3 is 2.36 bits per heavy atom. The minimum absolute atomic E-state index is 0.0276. The molecule has 1 rings (SSSR count). The Labute approximate surface area is 86.3 Å². The number of methoxy groups -OCH3 is 3. The van der Waals surface area contributed by atoms with Gasteiger partial charge in [-0.15, -0.1) is 0 Å². The minimum Gasteiger partial charge on any atom is -0.382 e. The Morgan fingerprint density at radius 1 is 1.29 bits per heavy atom. The molecule has 0 bridgehead atoms. The molecule has 1 aliphatic heterocycles. The van der Waals surface area contributed by atoms with Crippen molar-refractivity contribution in [3.05, 3.63) is 0 Å². The van der Waals surface area contributed by atoms with E-state index >= 15 is 0 Å². The predicted molar refractivity (Wildman–Crippen MR) is 55.3 cm³/mol. The van der Waals surface area contributed by atoms with Crippen molar-refractivity contribution in [2.45, 2.75) is 30.7 Å². The Hall–Kier alpha value is -0.0951. The third-order valence-electron chi connectivity index (χ3n) is 2.78. The second-order valence-electron chi connectivity index (χ2n) is 3.93. The van der Waals surface area contributed by atoms with Crippen LogP contribution in [0.1, 0.15) is 6.92 Å². The van der Waals surface area contributed by atoms with Gasteiger partial charge in [0, 0.05) is 21.3 Å². The first kappa shape index (κ1) is 12.0. The monoisotopic (exact) mass is 202 g/mol. The summed E-state index contributed by atoms with van der Waals surface area (Å²) in [7, 11) is 6.99. The Balaban J connectivity index is 2.78. The van der Waals surface area contributed by atoms with E-state index in [0.29, 0.717) is 6.61 Å². The van der Waals surface area contributed by atoms with E-state index in [0.717, 1.165) is 0 Å². The van der Waals surface area contributed by atoms with Crippen LogP contribution in [-0.2, 0) is 18.9 Å². The average Bonchev–Trinajstić information content (AvgIpc) is 2.36. The number of ether oxygens (including phenoxy) is 4. The van der Waals surface area contributed by atoms with Crippen LogP contribution in [-0.4, -0.2) is 59.6 Å². The first-order valence-electron chi connectivity index (χ1n) is 4.81. The molecular weight excluding hydrogens is 183 g/mol. The molecule has 0 radical (unpaired) electrons. The van der Waals surface area contributed by atoms with Gasteiger partial charge in [-0.25, -0.2) is 0 Å². The number of rotatable bonds is 4. The fraction of sp³-hybridized carbons (Fsp3) is 1.00. The molecule has 0 aromatic heterocycles. The maximum Gasteiger partial charge on any atom is 0.142 e. The van der Waals surface area contributed by atoms with Crippen molar-refractivity contribution in [3.63, 3.8) is 0 Å². The number of hydrogen-bond acceptors (Lipinski definition) is 4. The Morgan fingerprint density at radius 2 is 1.93 bits per heavy atom. The summed E-state index contributed by atoms with van der Waals surface area (Å²) in [5.74, 6) is 0. The topological polar surface area (TPSA) is 36.9 Å². The average molecular weight is 202 g/mol. The second kappa shape index (κ2) is 4.62. The molecular formula is C9H19BO4. The lowest BCUT2D eigenvalue weighted by Crippen LogP contribution is -2.46. The van der Waals surface area contributed by atoms with E-state index in [1.165, 1.54) is 0 Å². The molecule has 0 aromatic rings. The first-order valence-corrected chi connectivity index (χ1v) is 4.81. The zero-order chi connectivity index (χ0) is 10.8. The summed E-state index contributed by atoms with van der Waals surface area (Å²) in [6.07, 6.45) is -0.109. The lowest BCUT2D eigenvalue weighted by molar-refractivity contribution is -0.109. The van der Waals surface area contributed by atoms with E-state index < -0.39 is 5.60 Å². The third kappa shape index (κ3) is 1.96. The van der Waals surface area contributed by atoms with Crippen molar-refractivity contribution >= 4 is 7.85 Å². The summed E-state index contributed by atoms with van der Waals surface area (Å²) < 4.78 is 21.7. The van der Waals surface area contributed by atoms with Crippen LogP contribution in [0.4, 0.5) is 0 Å². The molecule has 82 valence electrons. The van der Waals surface area contributed by atoms with Crippen molar-refractivity contribution in [3.8, 4) is 0 Å². The molecule has 0 aliphatic carbocycles. The van der Waals surface area contributed by atoms with Crippen LogP contribution in [0.3, 0.4) is 0 Å². The first-order chi connectivity index (χ1) is 6.59. The lowest BCUT2D eigenvalue weighted by atomic mass is 9.90. The molecule has 1 heterocycles. The molecule has 0 amide bonds. The molecule has 0 saturated carbocycles. The van der Waals surface area contributed by atoms with Gasteiger partial charge in [-0.2, -0.15) is 0 Å². The van der Waals surface area contributed by atoms with Gasteiger partial charge in [0.05, 0.1) is 12.6 Å². The zero-order valence-electron chi connectivity index (χ0n) is 9.57. The summed E-state index contributed by atoms with van der Waals surface area (Å²) in [5.41, 5.74) is -0.413. The molecule has 0 aromatic carbocycles. The molecule has 4 atom stereocenters. The molecule has 0 spiro atoms. The molecule has 1 fully saturated rings. The Bertz CT molecular complexity index is 190. The quantitative estimate of drug-likeness (QED) is 0.571. The molecule has 0 N–H and O–H groups in total. The van der Waals surface area contributed by atoms with Crippen molar-refractivity contribution in [1.82, 2.24) is 0 Å². The van der Waals surface area contributed by atoms with E-state index in [2.05, 4.69) is 0 Å². The van der Waals surface area contributed by atoms with Crippen LogP contribution >= 0.6 is 0 Å². The Kier molecular flexibility index (Phi) is 3.95. The summed E-state index contributed by atoms with van der Waals surface area (Å²) in [5, 5.41) is 0. The maximum atomic E-state index is 5.82. The maximum absolute atomic E-state index is 5.82. The van der Waals surface area contributed by atoms with Crippen LogP contribution < -0.4 is 0 Å². The zero-order valence-corrected chi connectivity index (χ0v) is 9.57. The highest BCUT2D eigenvalue weighted by molar-refractivity contribution is 6.11. The van der Waals surface area contributed by atoms with Crippen molar-refractivity contribution in [2.24, 2.45) is 0 Å². The van der Waals surface area contributed by atoms with Gasteiger partial charge in [-0.05, 0) is 6.92 Å². The standard InChI is InChI=1S/C9H19BO4/c1-9(5-11-2)7(13-4)6(12-3)8(10)14-9/h6-8H,5,10H2,1-4H3/t6-,7+,8-,9-/m1/s1. The summed E-state index contributed by atoms with van der Waals surface area (Å²) in [6, 6.07) is 0.0325. The summed E-state index contributed by atoms with van der Waals surface area (Å²) in [4.78, 5) is 0. The van der Waals surface area contributed by atoms with Crippen LogP contribution in [0.5, 0.6) is 0 Å². The van der Waals surface area contributed by atoms with Gasteiger partial charge in [0.1, 0.15) is 25.7 Å². The van der Waals surface area contributed by atoms with Gasteiger partial charge in [-0.1, -0.05) is 0 Å². The van der Waals surface area contributed by atoms with E-state index in [-0.39, 0.29) is 18.2 Å². The predicted octanol–water partition coefficient (Wildman–Crippen LogP) is -0.589. The molecule has 1 saturated heterocycles. The molecule has 1 aliphatic rings. The van der Waals surface area contributed by atoms with Crippen molar-refractivity contribution in [2.75, 3.05) is 27.9 Å². The van der Waals surface area contributed by atoms with Gasteiger partial charge >= 0.3 is 0 Å². The van der Waals surface area contributed by atoms with Gasteiger partial charge < -0.3 is 18.9 Å². The van der Waals surface area contributed by atoms with E-state index in [1.807, 2.05) is 14.8 Å². The molecule has 4 nitrogen and oxygen atoms in total. The molecule has 0 unspecified atom stereocenters. The van der Waals surface area contributed by atoms with E-state index in [9.17, 15) is 0 Å². The van der Waals surface area contributed by atoms with Gasteiger partial charge in [-0.3, -0.25) is 0 Å². The smallest absolute Gasteiger partial charge is 0.142 e. The van der Waals surface area contributed by atoms with Crippen LogP contribution in [0.15, 0.2) is 0 Å². The number of hydrogen-bond donors (Lipinski definition) is 0. The fourth-order valence-electron chi connectivity index (χ4n) is 2.25. The third-order valence-corrected chi connectivity index (χ3v) is 2.78. The van der Waals surface area contributed by atoms with Crippen LogP contribution in [0.25, 0.3) is 0 Å². The summed E-state index contributed by atoms with van der Waals surface area (Å²) >= 11 is 0. The molecule has 14 heavy (non-hydrogen) atoms. The van der Waals surface area contributed by atoms with Gasteiger partial charge in [0.2, 0.25) is 0 Å². The van der Waals surface area contributed by atoms with E-state index in [1.54, 1.807) is 21.3 Å². The molecule has 5 heteroatoms. The highest BCUT2D eigenvalue weighted by Gasteiger charge is 2.51. The van der Waals surface area contributed by atoms with Crippen molar-refractivity contribution < 1.29 is 18.9 Å². The highest BCUT2D eigenvalue weighted by Crippen LogP contribution is 2.33. The van der Waals surface area contributed by atoms with Crippen molar-refractivity contribution in [1.29, 1.82) is 0 Å². The lowest BCUT2D eigenvalue weighted by Gasteiger charge is -2.29. The van der Waals surface area contributed by atoms with E-state index in [4.69, 9.17) is 18.9 Å². The summed E-state index contributed by atoms with van der Waals surface area (Å²) in [6.45, 7) is 2.50. The van der Waals surface area contributed by atoms with Gasteiger partial charge in [0.25, 0.3) is 0 Å². The fourth-order valence-corrected chi connectivity index (χ4v) is 2.25.